The predicted octanol–water partition coefficient (Wildman–Crippen LogP) is 2.80. The first-order chi connectivity index (χ1) is 9.67. The predicted molar refractivity (Wildman–Crippen MR) is 76.0 cm³/mol. The first kappa shape index (κ1) is 12.7. The van der Waals surface area contributed by atoms with Gasteiger partial charge in [-0.15, -0.1) is 5.10 Å². The number of hydrogen-bond acceptors (Lipinski definition) is 6. The molecule has 3 rings (SSSR count). The van der Waals surface area contributed by atoms with E-state index in [1.54, 1.807) is 25.1 Å². The van der Waals surface area contributed by atoms with E-state index >= 15 is 0 Å². The number of carbonyl (C=O) groups excluding carboxylic acids is 1. The summed E-state index contributed by atoms with van der Waals surface area (Å²) < 4.78 is 9.21. The Kier molecular flexibility index (Phi) is 3.19. The van der Waals surface area contributed by atoms with Gasteiger partial charge in [-0.1, -0.05) is 11.4 Å². The molecule has 0 saturated carbocycles. The molecule has 0 saturated heterocycles. The standard InChI is InChI=1S/C13H12N4O2S/c1-3-9-12(20-17-16-9)13(18)15-8-4-5-11-10(6-8)14-7(2)19-11/h4-6H,3H2,1-2H3,(H,15,18). The van der Waals surface area contributed by atoms with Crippen LogP contribution in [0, 0.1) is 6.92 Å². The second-order valence-corrected chi connectivity index (χ2v) is 5.03. The lowest BCUT2D eigenvalue weighted by atomic mass is 10.2. The molecule has 3 aromatic rings. The number of oxazole rings is 1. The Bertz CT molecular complexity index is 778. The van der Waals surface area contributed by atoms with E-state index in [1.165, 1.54) is 0 Å². The van der Waals surface area contributed by atoms with Crippen molar-refractivity contribution in [1.29, 1.82) is 0 Å². The highest BCUT2D eigenvalue weighted by Crippen LogP contribution is 2.21. The van der Waals surface area contributed by atoms with Crippen molar-refractivity contribution in [2.45, 2.75) is 20.3 Å². The Morgan fingerprint density at radius 2 is 2.30 bits per heavy atom. The number of rotatable bonds is 3. The second-order valence-electron chi connectivity index (χ2n) is 4.27. The van der Waals surface area contributed by atoms with Gasteiger partial charge in [0.15, 0.2) is 11.5 Å². The van der Waals surface area contributed by atoms with Gasteiger partial charge in [-0.2, -0.15) is 0 Å². The molecule has 0 atom stereocenters. The Labute approximate surface area is 119 Å². The first-order valence-electron chi connectivity index (χ1n) is 6.17. The molecule has 0 fully saturated rings. The molecule has 0 aliphatic carbocycles. The average Bonchev–Trinajstić information content (AvgIpc) is 3.02. The molecule has 0 bridgehead atoms. The molecule has 1 aromatic carbocycles. The highest BCUT2D eigenvalue weighted by atomic mass is 32.1. The van der Waals surface area contributed by atoms with Crippen LogP contribution in [-0.4, -0.2) is 20.5 Å². The molecule has 0 spiro atoms. The highest BCUT2D eigenvalue weighted by Gasteiger charge is 2.15. The van der Waals surface area contributed by atoms with Crippen LogP contribution in [-0.2, 0) is 6.42 Å². The van der Waals surface area contributed by atoms with Crippen molar-refractivity contribution in [3.05, 3.63) is 34.7 Å². The van der Waals surface area contributed by atoms with E-state index in [2.05, 4.69) is 19.9 Å². The number of anilines is 1. The average molecular weight is 288 g/mol. The van der Waals surface area contributed by atoms with Crippen LogP contribution < -0.4 is 5.32 Å². The van der Waals surface area contributed by atoms with E-state index in [0.717, 1.165) is 17.0 Å². The molecule has 1 amide bonds. The van der Waals surface area contributed by atoms with Gasteiger partial charge in [0.1, 0.15) is 10.4 Å². The molecule has 0 aliphatic heterocycles. The Morgan fingerprint density at radius 3 is 3.10 bits per heavy atom. The normalized spacial score (nSPS) is 10.9. The van der Waals surface area contributed by atoms with Crippen LogP contribution in [0.2, 0.25) is 0 Å². The van der Waals surface area contributed by atoms with Crippen molar-refractivity contribution in [3.63, 3.8) is 0 Å². The van der Waals surface area contributed by atoms with Gasteiger partial charge >= 0.3 is 0 Å². The Morgan fingerprint density at radius 1 is 1.45 bits per heavy atom. The van der Waals surface area contributed by atoms with Gasteiger partial charge in [-0.3, -0.25) is 4.79 Å². The highest BCUT2D eigenvalue weighted by molar-refractivity contribution is 7.08. The number of aromatic nitrogens is 3. The number of nitrogens with zero attached hydrogens (tertiary/aromatic N) is 3. The number of fused-ring (bicyclic) bond motifs is 1. The maximum absolute atomic E-state index is 12.2. The first-order valence-corrected chi connectivity index (χ1v) is 6.94. The molecule has 102 valence electrons. The third-order valence-corrected chi connectivity index (χ3v) is 3.62. The van der Waals surface area contributed by atoms with E-state index in [4.69, 9.17) is 4.42 Å². The molecule has 0 unspecified atom stereocenters. The number of benzene rings is 1. The molecule has 20 heavy (non-hydrogen) atoms. The van der Waals surface area contributed by atoms with Crippen molar-refractivity contribution in [3.8, 4) is 0 Å². The molecular weight excluding hydrogens is 276 g/mol. The SMILES string of the molecule is CCc1nnsc1C(=O)Nc1ccc2oc(C)nc2c1. The van der Waals surface area contributed by atoms with Crippen molar-refractivity contribution >= 4 is 34.2 Å². The van der Waals surface area contributed by atoms with Crippen LogP contribution in [0.5, 0.6) is 0 Å². The summed E-state index contributed by atoms with van der Waals surface area (Å²) in [6.45, 7) is 3.73. The monoisotopic (exact) mass is 288 g/mol. The lowest BCUT2D eigenvalue weighted by molar-refractivity contribution is 0.102. The van der Waals surface area contributed by atoms with Gasteiger partial charge in [-0.05, 0) is 36.2 Å². The van der Waals surface area contributed by atoms with Crippen LogP contribution in [0.15, 0.2) is 22.6 Å². The summed E-state index contributed by atoms with van der Waals surface area (Å²) in [7, 11) is 0. The van der Waals surface area contributed by atoms with Crippen LogP contribution in [0.1, 0.15) is 28.2 Å². The quantitative estimate of drug-likeness (QED) is 0.801. The van der Waals surface area contributed by atoms with Crippen LogP contribution in [0.4, 0.5) is 5.69 Å². The smallest absolute Gasteiger partial charge is 0.269 e. The summed E-state index contributed by atoms with van der Waals surface area (Å²) in [6.07, 6.45) is 0.681. The summed E-state index contributed by atoms with van der Waals surface area (Å²) in [6, 6.07) is 5.35. The fraction of sp³-hybridized carbons (Fsp3) is 0.231. The zero-order chi connectivity index (χ0) is 14.1. The van der Waals surface area contributed by atoms with Gasteiger partial charge < -0.3 is 9.73 Å². The van der Waals surface area contributed by atoms with Gasteiger partial charge in [0, 0.05) is 12.6 Å². The van der Waals surface area contributed by atoms with Crippen molar-refractivity contribution < 1.29 is 9.21 Å². The minimum Gasteiger partial charge on any atom is -0.441 e. The number of aryl methyl sites for hydroxylation is 2. The minimum absolute atomic E-state index is 0.198. The molecule has 7 heteroatoms. The molecule has 2 aromatic heterocycles. The molecule has 1 N–H and O–H groups in total. The van der Waals surface area contributed by atoms with E-state index in [-0.39, 0.29) is 5.91 Å². The number of nitrogens with one attached hydrogen (secondary N) is 1. The number of carbonyl (C=O) groups is 1. The van der Waals surface area contributed by atoms with Crippen molar-refractivity contribution in [2.75, 3.05) is 5.32 Å². The maximum Gasteiger partial charge on any atom is 0.269 e. The fourth-order valence-corrected chi connectivity index (χ4v) is 2.57. The third kappa shape index (κ3) is 2.27. The summed E-state index contributed by atoms with van der Waals surface area (Å²) in [5, 5.41) is 6.76. The molecule has 0 radical (unpaired) electrons. The Balaban J connectivity index is 1.87. The largest absolute Gasteiger partial charge is 0.441 e. The van der Waals surface area contributed by atoms with E-state index in [1.807, 2.05) is 6.92 Å². The van der Waals surface area contributed by atoms with E-state index in [9.17, 15) is 4.79 Å². The molecule has 6 nitrogen and oxygen atoms in total. The second kappa shape index (κ2) is 5.01. The van der Waals surface area contributed by atoms with Gasteiger partial charge in [0.25, 0.3) is 5.91 Å². The maximum atomic E-state index is 12.2. The van der Waals surface area contributed by atoms with Crippen LogP contribution in [0.3, 0.4) is 0 Å². The summed E-state index contributed by atoms with van der Waals surface area (Å²) in [4.78, 5) is 17.0. The summed E-state index contributed by atoms with van der Waals surface area (Å²) in [5.41, 5.74) is 2.81. The van der Waals surface area contributed by atoms with Crippen LogP contribution in [0.25, 0.3) is 11.1 Å². The lowest BCUT2D eigenvalue weighted by Gasteiger charge is -2.03. The van der Waals surface area contributed by atoms with Gasteiger partial charge in [-0.25, -0.2) is 4.98 Å². The molecule has 0 aliphatic rings. The summed E-state index contributed by atoms with van der Waals surface area (Å²) in [5.74, 6) is 0.403. The Hall–Kier alpha value is -2.28. The van der Waals surface area contributed by atoms with Crippen molar-refractivity contribution in [2.24, 2.45) is 0 Å². The van der Waals surface area contributed by atoms with E-state index < -0.39 is 0 Å². The molecule has 2 heterocycles. The summed E-state index contributed by atoms with van der Waals surface area (Å²) >= 11 is 1.10. The third-order valence-electron chi connectivity index (χ3n) is 2.85. The fourth-order valence-electron chi connectivity index (χ4n) is 1.92. The lowest BCUT2D eigenvalue weighted by Crippen LogP contribution is -2.12. The number of amides is 1. The zero-order valence-electron chi connectivity index (χ0n) is 11.0. The number of hydrogen-bond donors (Lipinski definition) is 1. The van der Waals surface area contributed by atoms with Gasteiger partial charge in [0.2, 0.25) is 0 Å². The van der Waals surface area contributed by atoms with Crippen molar-refractivity contribution in [1.82, 2.24) is 14.6 Å². The zero-order valence-corrected chi connectivity index (χ0v) is 11.8. The van der Waals surface area contributed by atoms with Gasteiger partial charge in [0.05, 0.1) is 5.69 Å². The minimum atomic E-state index is -0.198. The van der Waals surface area contributed by atoms with Crippen LogP contribution >= 0.6 is 11.5 Å². The molecular formula is C13H12N4O2S. The topological polar surface area (TPSA) is 80.9 Å². The van der Waals surface area contributed by atoms with E-state index in [0.29, 0.717) is 34.2 Å².